The fourth-order valence-electron chi connectivity index (χ4n) is 4.94. The molecule has 6 unspecified atom stereocenters. The number of hydrogen-bond donors (Lipinski definition) is 1. The predicted octanol–water partition coefficient (Wildman–Crippen LogP) is 0.682. The van der Waals surface area contributed by atoms with E-state index in [0.717, 1.165) is 0 Å². The topological polar surface area (TPSA) is 110 Å². The van der Waals surface area contributed by atoms with Gasteiger partial charge in [0.25, 0.3) is 0 Å². The van der Waals surface area contributed by atoms with E-state index in [0.29, 0.717) is 6.42 Å². The van der Waals surface area contributed by atoms with E-state index in [1.165, 1.54) is 6.92 Å². The largest absolute Gasteiger partial charge is 0.477 e. The summed E-state index contributed by atoms with van der Waals surface area (Å²) in [5.41, 5.74) is 0. The van der Waals surface area contributed by atoms with Crippen LogP contribution in [-0.2, 0) is 28.7 Å². The van der Waals surface area contributed by atoms with E-state index in [9.17, 15) is 28.0 Å². The average Bonchev–Trinajstić information content (AvgIpc) is 3.14. The van der Waals surface area contributed by atoms with Gasteiger partial charge < -0.3 is 19.5 Å². The lowest BCUT2D eigenvalue weighted by molar-refractivity contribution is -0.182. The van der Waals surface area contributed by atoms with Crippen molar-refractivity contribution >= 4 is 23.8 Å². The second kappa shape index (κ2) is 6.42. The summed E-state index contributed by atoms with van der Waals surface area (Å²) in [6.07, 6.45) is -0.271. The Morgan fingerprint density at radius 3 is 2.44 bits per heavy atom. The second-order valence-electron chi connectivity index (χ2n) is 7.64. The normalized spacial score (nSPS) is 34.3. The van der Waals surface area contributed by atoms with E-state index >= 15 is 0 Å². The zero-order valence-electron chi connectivity index (χ0n) is 15.1. The Morgan fingerprint density at radius 1 is 1.30 bits per heavy atom. The number of ether oxygens (including phenoxy) is 2. The molecular weight excluding hydrogens is 368 g/mol. The van der Waals surface area contributed by atoms with E-state index in [4.69, 9.17) is 9.84 Å². The van der Waals surface area contributed by atoms with Crippen LogP contribution in [0.3, 0.4) is 0 Å². The van der Waals surface area contributed by atoms with E-state index in [1.807, 2.05) is 13.8 Å². The number of amides is 1. The molecule has 2 aliphatic carbocycles. The number of hydrogen-bond acceptors (Lipinski definition) is 6. The summed E-state index contributed by atoms with van der Waals surface area (Å²) >= 11 is 0. The zero-order valence-corrected chi connectivity index (χ0v) is 15.1. The highest BCUT2D eigenvalue weighted by Crippen LogP contribution is 2.60. The van der Waals surface area contributed by atoms with Crippen molar-refractivity contribution in [2.24, 2.45) is 23.7 Å². The molecule has 0 radical (unpaired) electrons. The highest BCUT2D eigenvalue weighted by molar-refractivity contribution is 5.90. The van der Waals surface area contributed by atoms with E-state index in [2.05, 4.69) is 4.74 Å². The molecule has 0 spiro atoms. The Labute approximate surface area is 153 Å². The van der Waals surface area contributed by atoms with Crippen LogP contribution in [0.1, 0.15) is 27.2 Å². The predicted molar refractivity (Wildman–Crippen MR) is 83.4 cm³/mol. The fourth-order valence-corrected chi connectivity index (χ4v) is 4.94. The molecular formula is C17H21F2NO7. The first-order chi connectivity index (χ1) is 12.5. The monoisotopic (exact) mass is 389 g/mol. The van der Waals surface area contributed by atoms with Crippen LogP contribution in [0.4, 0.5) is 8.78 Å². The summed E-state index contributed by atoms with van der Waals surface area (Å²) in [4.78, 5) is 48.9. The van der Waals surface area contributed by atoms with Gasteiger partial charge in [-0.3, -0.25) is 14.4 Å². The number of likely N-dealkylation sites (tertiary alicyclic amines) is 1. The highest BCUT2D eigenvalue weighted by atomic mass is 19.3. The number of carbonyl (C=O) groups excluding carboxylic acids is 3. The molecule has 1 heterocycles. The van der Waals surface area contributed by atoms with Gasteiger partial charge in [-0.1, -0.05) is 0 Å². The molecule has 150 valence electrons. The molecule has 1 saturated heterocycles. The average molecular weight is 389 g/mol. The minimum atomic E-state index is -4.21. The number of fused-ring (bicyclic) bond motifs is 1. The minimum Gasteiger partial charge on any atom is -0.477 e. The highest BCUT2D eigenvalue weighted by Gasteiger charge is 2.71. The lowest BCUT2D eigenvalue weighted by atomic mass is 9.78. The Bertz CT molecular complexity index is 695. The van der Waals surface area contributed by atoms with Gasteiger partial charge in [0.15, 0.2) is 6.61 Å². The Balaban J connectivity index is 1.85. The zero-order chi connectivity index (χ0) is 20.3. The van der Waals surface area contributed by atoms with Crippen molar-refractivity contribution in [2.75, 3.05) is 6.61 Å². The van der Waals surface area contributed by atoms with E-state index in [-0.39, 0.29) is 23.9 Å². The van der Waals surface area contributed by atoms with Crippen LogP contribution in [0, 0.1) is 23.7 Å². The molecule has 1 amide bonds. The van der Waals surface area contributed by atoms with Gasteiger partial charge in [-0.15, -0.1) is 0 Å². The number of nitrogens with zero attached hydrogens (tertiary/aromatic N) is 1. The Kier molecular flexibility index (Phi) is 4.63. The quantitative estimate of drug-likeness (QED) is 0.665. The maximum Gasteiger partial charge on any atom is 0.378 e. The molecule has 10 heteroatoms. The number of carbonyl (C=O) groups is 4. The first-order valence-corrected chi connectivity index (χ1v) is 8.74. The number of carboxylic acid groups (broad SMARTS) is 1. The van der Waals surface area contributed by atoms with Gasteiger partial charge in [-0.25, -0.2) is 4.79 Å². The van der Waals surface area contributed by atoms with Crippen molar-refractivity contribution in [2.45, 2.75) is 51.3 Å². The summed E-state index contributed by atoms with van der Waals surface area (Å²) in [7, 11) is 0. The number of alkyl halides is 2. The molecule has 0 aromatic rings. The van der Waals surface area contributed by atoms with Crippen LogP contribution in [0.5, 0.6) is 0 Å². The van der Waals surface area contributed by atoms with Crippen LogP contribution in [0.15, 0.2) is 0 Å². The maximum atomic E-state index is 13.2. The molecule has 1 aliphatic heterocycles. The SMILES string of the molecule is CC(=O)OC1C2CC3C(C(=O)N(C(C)C)C31)C2C(=O)OCC(F)(F)C(=O)O. The third kappa shape index (κ3) is 2.94. The first kappa shape index (κ1) is 19.5. The molecule has 2 bridgehead atoms. The molecule has 3 aliphatic rings. The van der Waals surface area contributed by atoms with Crippen molar-refractivity contribution in [3.05, 3.63) is 0 Å². The lowest BCUT2D eigenvalue weighted by Gasteiger charge is -2.35. The molecule has 6 atom stereocenters. The van der Waals surface area contributed by atoms with Gasteiger partial charge in [0.2, 0.25) is 5.91 Å². The molecule has 1 N–H and O–H groups in total. The third-order valence-electron chi connectivity index (χ3n) is 5.75. The van der Waals surface area contributed by atoms with E-state index < -0.39 is 54.3 Å². The summed E-state index contributed by atoms with van der Waals surface area (Å²) in [6.45, 7) is 3.23. The van der Waals surface area contributed by atoms with Gasteiger partial charge in [0, 0.05) is 18.9 Å². The number of carboxylic acids is 1. The second-order valence-corrected chi connectivity index (χ2v) is 7.64. The van der Waals surface area contributed by atoms with Crippen molar-refractivity contribution < 1.29 is 42.5 Å². The van der Waals surface area contributed by atoms with Crippen LogP contribution >= 0.6 is 0 Å². The van der Waals surface area contributed by atoms with Gasteiger partial charge in [-0.05, 0) is 26.2 Å². The summed E-state index contributed by atoms with van der Waals surface area (Å²) < 4.78 is 36.4. The van der Waals surface area contributed by atoms with Crippen LogP contribution in [0.2, 0.25) is 0 Å². The summed E-state index contributed by atoms with van der Waals surface area (Å²) in [5.74, 6) is -11.0. The fraction of sp³-hybridized carbons (Fsp3) is 0.765. The summed E-state index contributed by atoms with van der Waals surface area (Å²) in [5, 5.41) is 8.45. The smallest absolute Gasteiger partial charge is 0.378 e. The van der Waals surface area contributed by atoms with Crippen molar-refractivity contribution in [1.82, 2.24) is 4.90 Å². The van der Waals surface area contributed by atoms with E-state index in [1.54, 1.807) is 4.90 Å². The van der Waals surface area contributed by atoms with Crippen LogP contribution in [0.25, 0.3) is 0 Å². The molecule has 0 aromatic heterocycles. The standard InChI is InChI=1S/C17H21F2NO7/c1-6(2)20-12-8-4-9(13(12)27-7(3)21)11(10(8)14(20)22)15(23)26-5-17(18,19)16(24)25/h6,8-13H,4-5H2,1-3H3,(H,24,25). The maximum absolute atomic E-state index is 13.2. The molecule has 3 rings (SSSR count). The van der Waals surface area contributed by atoms with Gasteiger partial charge in [-0.2, -0.15) is 8.78 Å². The molecule has 3 fully saturated rings. The first-order valence-electron chi connectivity index (χ1n) is 8.74. The molecule has 0 aromatic carbocycles. The van der Waals surface area contributed by atoms with Crippen LogP contribution < -0.4 is 0 Å². The lowest BCUT2D eigenvalue weighted by Crippen LogP contribution is -2.48. The number of aliphatic carboxylic acids is 1. The van der Waals surface area contributed by atoms with Gasteiger partial charge in [0.05, 0.1) is 17.9 Å². The molecule has 27 heavy (non-hydrogen) atoms. The van der Waals surface area contributed by atoms with Crippen molar-refractivity contribution in [3.8, 4) is 0 Å². The van der Waals surface area contributed by atoms with Crippen molar-refractivity contribution in [1.29, 1.82) is 0 Å². The Hall–Kier alpha value is -2.26. The molecule has 2 saturated carbocycles. The minimum absolute atomic E-state index is 0.182. The van der Waals surface area contributed by atoms with Gasteiger partial charge >= 0.3 is 23.8 Å². The summed E-state index contributed by atoms with van der Waals surface area (Å²) in [6, 6.07) is -0.529. The number of esters is 2. The number of rotatable bonds is 6. The third-order valence-corrected chi connectivity index (χ3v) is 5.75. The molecule has 8 nitrogen and oxygen atoms in total. The van der Waals surface area contributed by atoms with Crippen LogP contribution in [-0.4, -0.2) is 64.5 Å². The van der Waals surface area contributed by atoms with Crippen molar-refractivity contribution in [3.63, 3.8) is 0 Å². The van der Waals surface area contributed by atoms with Gasteiger partial charge in [0.1, 0.15) is 6.10 Å². The number of halogens is 2. The Morgan fingerprint density at radius 2 is 1.93 bits per heavy atom.